The summed E-state index contributed by atoms with van der Waals surface area (Å²) >= 11 is 0. The second-order valence-electron chi connectivity index (χ2n) is 5.75. The number of hydrogen-bond donors (Lipinski definition) is 1. The summed E-state index contributed by atoms with van der Waals surface area (Å²) in [7, 11) is 1.88. The van der Waals surface area contributed by atoms with Crippen LogP contribution in [0.5, 0.6) is 0 Å². The Labute approximate surface area is 135 Å². The molecule has 8 heteroatoms. The minimum Gasteiger partial charge on any atom is -0.355 e. The van der Waals surface area contributed by atoms with Gasteiger partial charge < -0.3 is 14.8 Å². The van der Waals surface area contributed by atoms with Crippen molar-refractivity contribution in [3.05, 3.63) is 30.7 Å². The van der Waals surface area contributed by atoms with Gasteiger partial charge in [-0.3, -0.25) is 9.78 Å². The van der Waals surface area contributed by atoms with Crippen LogP contribution in [0.3, 0.4) is 0 Å². The molecule has 1 amide bonds. The Balaban J connectivity index is 1.42. The van der Waals surface area contributed by atoms with Crippen molar-refractivity contribution in [1.29, 1.82) is 0 Å². The van der Waals surface area contributed by atoms with Gasteiger partial charge in [-0.2, -0.15) is 0 Å². The number of aryl methyl sites for hydroxylation is 2. The molecule has 23 heavy (non-hydrogen) atoms. The molecule has 1 N–H and O–H groups in total. The monoisotopic (exact) mass is 315 g/mol. The predicted molar refractivity (Wildman–Crippen MR) is 84.7 cm³/mol. The van der Waals surface area contributed by atoms with Gasteiger partial charge in [-0.1, -0.05) is 0 Å². The van der Waals surface area contributed by atoms with E-state index in [1.807, 2.05) is 11.6 Å². The third kappa shape index (κ3) is 4.02. The molecular weight excluding hydrogens is 294 g/mol. The number of aromatic nitrogens is 5. The first-order chi connectivity index (χ1) is 11.2. The van der Waals surface area contributed by atoms with E-state index in [2.05, 4.69) is 30.4 Å². The number of anilines is 1. The lowest BCUT2D eigenvalue weighted by molar-refractivity contribution is -0.121. The first-order valence-corrected chi connectivity index (χ1v) is 7.85. The average Bonchev–Trinajstić information content (AvgIpc) is 3.00. The van der Waals surface area contributed by atoms with Gasteiger partial charge in [-0.25, -0.2) is 4.98 Å². The quantitative estimate of drug-likeness (QED) is 0.855. The summed E-state index contributed by atoms with van der Waals surface area (Å²) in [5.74, 6) is 1.81. The first kappa shape index (κ1) is 15.4. The maximum Gasteiger partial charge on any atom is 0.220 e. The molecule has 2 aromatic heterocycles. The van der Waals surface area contributed by atoms with E-state index in [0.717, 1.165) is 37.6 Å². The summed E-state index contributed by atoms with van der Waals surface area (Å²) < 4.78 is 1.84. The van der Waals surface area contributed by atoms with E-state index in [-0.39, 0.29) is 11.9 Å². The van der Waals surface area contributed by atoms with Gasteiger partial charge in [0.15, 0.2) is 0 Å². The molecule has 3 rings (SSSR count). The van der Waals surface area contributed by atoms with E-state index in [4.69, 9.17) is 0 Å². The molecule has 1 aliphatic heterocycles. The third-order valence-corrected chi connectivity index (χ3v) is 4.11. The van der Waals surface area contributed by atoms with Crippen LogP contribution in [0.25, 0.3) is 0 Å². The number of hydrogen-bond acceptors (Lipinski definition) is 6. The maximum atomic E-state index is 12.1. The lowest BCUT2D eigenvalue weighted by Crippen LogP contribution is -2.45. The largest absolute Gasteiger partial charge is 0.355 e. The zero-order valence-electron chi connectivity index (χ0n) is 13.2. The molecule has 0 unspecified atom stereocenters. The van der Waals surface area contributed by atoms with Crippen molar-refractivity contribution >= 4 is 11.7 Å². The van der Waals surface area contributed by atoms with Gasteiger partial charge in [0.25, 0.3) is 0 Å². The highest BCUT2D eigenvalue weighted by molar-refractivity contribution is 5.76. The summed E-state index contributed by atoms with van der Waals surface area (Å²) in [5.41, 5.74) is 0. The molecule has 1 saturated heterocycles. The summed E-state index contributed by atoms with van der Waals surface area (Å²) in [5, 5.41) is 10.9. The molecule has 0 bridgehead atoms. The normalized spacial score (nSPS) is 15.6. The molecule has 0 aromatic carbocycles. The van der Waals surface area contributed by atoms with Crippen molar-refractivity contribution in [2.24, 2.45) is 7.05 Å². The Morgan fingerprint density at radius 3 is 2.83 bits per heavy atom. The van der Waals surface area contributed by atoms with E-state index in [9.17, 15) is 4.79 Å². The van der Waals surface area contributed by atoms with Crippen molar-refractivity contribution in [3.63, 3.8) is 0 Å². The SMILES string of the molecule is Cn1cnnc1CCC(=O)NC1CCN(c2cnccn2)CC1. The van der Waals surface area contributed by atoms with Crippen LogP contribution in [0.4, 0.5) is 5.82 Å². The predicted octanol–water partition coefficient (Wildman–Crippen LogP) is 0.323. The van der Waals surface area contributed by atoms with Crippen LogP contribution >= 0.6 is 0 Å². The standard InChI is InChI=1S/C15H21N7O/c1-21-11-18-20-13(21)2-3-15(23)19-12-4-8-22(9-5-12)14-10-16-6-7-17-14/h6-7,10-12H,2-5,8-9H2,1H3,(H,19,23). The van der Waals surface area contributed by atoms with Crippen molar-refractivity contribution in [1.82, 2.24) is 30.0 Å². The third-order valence-electron chi connectivity index (χ3n) is 4.11. The highest BCUT2D eigenvalue weighted by atomic mass is 16.1. The zero-order valence-corrected chi connectivity index (χ0v) is 13.2. The molecule has 2 aromatic rings. The Hall–Kier alpha value is -2.51. The van der Waals surface area contributed by atoms with E-state index in [1.54, 1.807) is 24.9 Å². The summed E-state index contributed by atoms with van der Waals surface area (Å²) in [4.78, 5) is 22.7. The van der Waals surface area contributed by atoms with E-state index in [1.165, 1.54) is 0 Å². The molecule has 122 valence electrons. The van der Waals surface area contributed by atoms with Crippen LogP contribution in [0.15, 0.2) is 24.9 Å². The fourth-order valence-corrected chi connectivity index (χ4v) is 2.77. The molecule has 0 atom stereocenters. The number of amides is 1. The Bertz CT molecular complexity index is 634. The fourth-order valence-electron chi connectivity index (χ4n) is 2.77. The second kappa shape index (κ2) is 7.17. The first-order valence-electron chi connectivity index (χ1n) is 7.85. The van der Waals surface area contributed by atoms with Crippen molar-refractivity contribution in [2.75, 3.05) is 18.0 Å². The van der Waals surface area contributed by atoms with Gasteiger partial charge in [-0.15, -0.1) is 10.2 Å². The van der Waals surface area contributed by atoms with Gasteiger partial charge in [0.1, 0.15) is 18.0 Å². The zero-order chi connectivity index (χ0) is 16.1. The number of carbonyl (C=O) groups is 1. The number of piperidine rings is 1. The van der Waals surface area contributed by atoms with Crippen LogP contribution in [0.1, 0.15) is 25.1 Å². The van der Waals surface area contributed by atoms with Gasteiger partial charge in [-0.05, 0) is 12.8 Å². The van der Waals surface area contributed by atoms with Gasteiger partial charge in [0.2, 0.25) is 5.91 Å². The van der Waals surface area contributed by atoms with E-state index < -0.39 is 0 Å². The molecule has 8 nitrogen and oxygen atoms in total. The van der Waals surface area contributed by atoms with Gasteiger partial charge in [0, 0.05) is 51.4 Å². The number of carbonyl (C=O) groups excluding carboxylic acids is 1. The Kier molecular flexibility index (Phi) is 4.80. The minimum atomic E-state index is 0.0750. The average molecular weight is 315 g/mol. The van der Waals surface area contributed by atoms with Crippen molar-refractivity contribution < 1.29 is 4.79 Å². The van der Waals surface area contributed by atoms with Crippen LogP contribution in [-0.4, -0.2) is 49.8 Å². The molecule has 1 fully saturated rings. The smallest absolute Gasteiger partial charge is 0.220 e. The molecule has 0 aliphatic carbocycles. The molecular formula is C15H21N7O. The van der Waals surface area contributed by atoms with E-state index >= 15 is 0 Å². The molecule has 1 aliphatic rings. The minimum absolute atomic E-state index is 0.0750. The Morgan fingerprint density at radius 1 is 1.35 bits per heavy atom. The maximum absolute atomic E-state index is 12.1. The van der Waals surface area contributed by atoms with Crippen molar-refractivity contribution in [2.45, 2.75) is 31.7 Å². The molecule has 3 heterocycles. The number of rotatable bonds is 5. The summed E-state index contributed by atoms with van der Waals surface area (Å²) in [6, 6.07) is 0.231. The van der Waals surface area contributed by atoms with Gasteiger partial charge >= 0.3 is 0 Å². The van der Waals surface area contributed by atoms with Gasteiger partial charge in [0.05, 0.1) is 6.20 Å². The fraction of sp³-hybridized carbons (Fsp3) is 0.533. The lowest BCUT2D eigenvalue weighted by Gasteiger charge is -2.32. The number of nitrogens with zero attached hydrogens (tertiary/aromatic N) is 6. The van der Waals surface area contributed by atoms with E-state index in [0.29, 0.717) is 12.8 Å². The summed E-state index contributed by atoms with van der Waals surface area (Å²) in [6.45, 7) is 1.76. The molecule has 0 radical (unpaired) electrons. The summed E-state index contributed by atoms with van der Waals surface area (Å²) in [6.07, 6.45) is 9.70. The van der Waals surface area contributed by atoms with Crippen LogP contribution in [0.2, 0.25) is 0 Å². The molecule has 0 spiro atoms. The van der Waals surface area contributed by atoms with Crippen molar-refractivity contribution in [3.8, 4) is 0 Å². The van der Waals surface area contributed by atoms with Crippen LogP contribution < -0.4 is 10.2 Å². The molecule has 0 saturated carbocycles. The second-order valence-corrected chi connectivity index (χ2v) is 5.75. The Morgan fingerprint density at radius 2 is 2.17 bits per heavy atom. The topological polar surface area (TPSA) is 88.8 Å². The number of nitrogens with one attached hydrogen (secondary N) is 1. The van der Waals surface area contributed by atoms with Crippen LogP contribution in [0, 0.1) is 0 Å². The lowest BCUT2D eigenvalue weighted by atomic mass is 10.0. The van der Waals surface area contributed by atoms with Crippen LogP contribution in [-0.2, 0) is 18.3 Å². The highest BCUT2D eigenvalue weighted by Gasteiger charge is 2.21. The highest BCUT2D eigenvalue weighted by Crippen LogP contribution is 2.16.